The van der Waals surface area contributed by atoms with Crippen LogP contribution in [-0.4, -0.2) is 44.3 Å². The molecule has 0 aromatic heterocycles. The molecular formula is C28H31BrClN3O4S. The molecule has 0 bridgehead atoms. The summed E-state index contributed by atoms with van der Waals surface area (Å²) in [6, 6.07) is 17.6. The Kier molecular flexibility index (Phi) is 9.98. The van der Waals surface area contributed by atoms with Crippen LogP contribution >= 0.6 is 27.5 Å². The Morgan fingerprint density at radius 2 is 1.68 bits per heavy atom. The molecule has 202 valence electrons. The second-order valence-electron chi connectivity index (χ2n) is 8.96. The van der Waals surface area contributed by atoms with Gasteiger partial charge in [0.05, 0.1) is 10.6 Å². The van der Waals surface area contributed by atoms with Crippen LogP contribution in [0.4, 0.5) is 5.69 Å². The van der Waals surface area contributed by atoms with Crippen molar-refractivity contribution in [1.29, 1.82) is 0 Å². The fourth-order valence-corrected chi connectivity index (χ4v) is 5.86. The first-order valence-corrected chi connectivity index (χ1v) is 14.7. The van der Waals surface area contributed by atoms with Crippen LogP contribution in [0.5, 0.6) is 0 Å². The monoisotopic (exact) mass is 619 g/mol. The maximum atomic E-state index is 13.9. The molecule has 7 nitrogen and oxygen atoms in total. The van der Waals surface area contributed by atoms with E-state index in [2.05, 4.69) is 21.2 Å². The summed E-state index contributed by atoms with van der Waals surface area (Å²) in [5.41, 5.74) is 3.02. The van der Waals surface area contributed by atoms with Gasteiger partial charge in [0.2, 0.25) is 11.8 Å². The number of hydrogen-bond donors (Lipinski definition) is 1. The number of halogens is 2. The number of sulfonamides is 1. The van der Waals surface area contributed by atoms with E-state index < -0.39 is 28.5 Å². The summed E-state index contributed by atoms with van der Waals surface area (Å²) >= 11 is 9.43. The Labute approximate surface area is 238 Å². The van der Waals surface area contributed by atoms with Crippen molar-refractivity contribution in [3.05, 3.63) is 92.9 Å². The largest absolute Gasteiger partial charge is 0.355 e. The molecule has 10 heteroatoms. The number of likely N-dealkylation sites (N-methyl/N-ethyl adjacent to an activating group) is 1. The number of aryl methyl sites for hydroxylation is 2. The van der Waals surface area contributed by atoms with Gasteiger partial charge in [0.1, 0.15) is 12.6 Å². The molecule has 0 radical (unpaired) electrons. The summed E-state index contributed by atoms with van der Waals surface area (Å²) in [6.45, 7) is 7.27. The van der Waals surface area contributed by atoms with Crippen LogP contribution in [0.3, 0.4) is 0 Å². The lowest BCUT2D eigenvalue weighted by atomic mass is 10.1. The standard InChI is InChI=1S/C28H31BrClN3O4S/c1-5-31-28(35)21(4)32(17-22-7-6-8-23(29)16-22)27(34)18-33(25-12-9-19(2)20(3)15-25)38(36,37)26-13-10-24(30)11-14-26/h6-16,21H,5,17-18H2,1-4H3,(H,31,35)/t21-/m0/s1. The Morgan fingerprint density at radius 3 is 2.29 bits per heavy atom. The normalized spacial score (nSPS) is 12.1. The second kappa shape index (κ2) is 12.8. The van der Waals surface area contributed by atoms with E-state index in [0.29, 0.717) is 17.3 Å². The molecule has 3 rings (SSSR count). The van der Waals surface area contributed by atoms with Crippen molar-refractivity contribution in [2.45, 2.75) is 45.2 Å². The number of rotatable bonds is 10. The predicted molar refractivity (Wildman–Crippen MR) is 155 cm³/mol. The van der Waals surface area contributed by atoms with Crippen molar-refractivity contribution in [3.63, 3.8) is 0 Å². The summed E-state index contributed by atoms with van der Waals surface area (Å²) in [6.07, 6.45) is 0. The van der Waals surface area contributed by atoms with Gasteiger partial charge in [-0.05, 0) is 92.9 Å². The van der Waals surface area contributed by atoms with Crippen molar-refractivity contribution in [2.24, 2.45) is 0 Å². The Morgan fingerprint density at radius 1 is 1.00 bits per heavy atom. The van der Waals surface area contributed by atoms with Crippen LogP contribution in [0.2, 0.25) is 5.02 Å². The van der Waals surface area contributed by atoms with Crippen LogP contribution in [0.25, 0.3) is 0 Å². The third-order valence-electron chi connectivity index (χ3n) is 6.22. The van der Waals surface area contributed by atoms with Crippen LogP contribution in [0.15, 0.2) is 76.1 Å². The molecule has 0 aliphatic carbocycles. The zero-order valence-electron chi connectivity index (χ0n) is 21.7. The maximum absolute atomic E-state index is 13.9. The van der Waals surface area contributed by atoms with Crippen LogP contribution in [0, 0.1) is 13.8 Å². The van der Waals surface area contributed by atoms with Gasteiger partial charge in [-0.3, -0.25) is 13.9 Å². The van der Waals surface area contributed by atoms with Gasteiger partial charge in [-0.1, -0.05) is 45.7 Å². The van der Waals surface area contributed by atoms with Gasteiger partial charge in [0, 0.05) is 22.6 Å². The molecule has 2 amide bonds. The molecule has 0 fully saturated rings. The van der Waals surface area contributed by atoms with Crippen molar-refractivity contribution in [2.75, 3.05) is 17.4 Å². The van der Waals surface area contributed by atoms with E-state index in [1.54, 1.807) is 26.0 Å². The van der Waals surface area contributed by atoms with Gasteiger partial charge >= 0.3 is 0 Å². The van der Waals surface area contributed by atoms with Crippen LogP contribution in [-0.2, 0) is 26.2 Å². The second-order valence-corrected chi connectivity index (χ2v) is 12.2. The summed E-state index contributed by atoms with van der Waals surface area (Å²) in [5.74, 6) is -0.839. The van der Waals surface area contributed by atoms with E-state index in [4.69, 9.17) is 11.6 Å². The van der Waals surface area contributed by atoms with Crippen molar-refractivity contribution in [1.82, 2.24) is 10.2 Å². The lowest BCUT2D eigenvalue weighted by Crippen LogP contribution is -2.51. The van der Waals surface area contributed by atoms with E-state index in [1.165, 1.54) is 29.2 Å². The van der Waals surface area contributed by atoms with Crippen molar-refractivity contribution < 1.29 is 18.0 Å². The van der Waals surface area contributed by atoms with E-state index >= 15 is 0 Å². The summed E-state index contributed by atoms with van der Waals surface area (Å²) in [7, 11) is -4.15. The average Bonchev–Trinajstić information content (AvgIpc) is 2.87. The van der Waals surface area contributed by atoms with Crippen LogP contribution < -0.4 is 9.62 Å². The molecular weight excluding hydrogens is 590 g/mol. The highest BCUT2D eigenvalue weighted by atomic mass is 79.9. The number of anilines is 1. The van der Waals surface area contributed by atoms with Gasteiger partial charge in [0.15, 0.2) is 0 Å². The minimum atomic E-state index is -4.15. The van der Waals surface area contributed by atoms with Crippen LogP contribution in [0.1, 0.15) is 30.5 Å². The van der Waals surface area contributed by atoms with Crippen molar-refractivity contribution >= 4 is 55.1 Å². The number of carbonyl (C=O) groups is 2. The first-order valence-electron chi connectivity index (χ1n) is 12.1. The first kappa shape index (κ1) is 29.7. The molecule has 0 aliphatic rings. The third kappa shape index (κ3) is 7.15. The predicted octanol–water partition coefficient (Wildman–Crippen LogP) is 5.47. The molecule has 0 heterocycles. The molecule has 1 atom stereocenters. The number of benzene rings is 3. The molecule has 0 saturated carbocycles. The topological polar surface area (TPSA) is 86.8 Å². The number of nitrogens with zero attached hydrogens (tertiary/aromatic N) is 2. The van der Waals surface area contributed by atoms with Gasteiger partial charge in [0.25, 0.3) is 10.0 Å². The van der Waals surface area contributed by atoms with E-state index in [0.717, 1.165) is 25.5 Å². The molecule has 0 unspecified atom stereocenters. The summed E-state index contributed by atoms with van der Waals surface area (Å²) in [5, 5.41) is 3.15. The molecule has 3 aromatic carbocycles. The zero-order valence-corrected chi connectivity index (χ0v) is 24.9. The van der Waals surface area contributed by atoms with E-state index in [-0.39, 0.29) is 17.3 Å². The van der Waals surface area contributed by atoms with Gasteiger partial charge < -0.3 is 10.2 Å². The maximum Gasteiger partial charge on any atom is 0.264 e. The third-order valence-corrected chi connectivity index (χ3v) is 8.75. The van der Waals surface area contributed by atoms with E-state index in [1.807, 2.05) is 44.2 Å². The van der Waals surface area contributed by atoms with Gasteiger partial charge in [-0.15, -0.1) is 0 Å². The Balaban J connectivity index is 2.06. The lowest BCUT2D eigenvalue weighted by molar-refractivity contribution is -0.139. The van der Waals surface area contributed by atoms with Gasteiger partial charge in [-0.2, -0.15) is 0 Å². The highest BCUT2D eigenvalue weighted by Gasteiger charge is 2.32. The average molecular weight is 621 g/mol. The zero-order chi connectivity index (χ0) is 28.0. The van der Waals surface area contributed by atoms with E-state index in [9.17, 15) is 18.0 Å². The highest BCUT2D eigenvalue weighted by Crippen LogP contribution is 2.27. The quantitative estimate of drug-likeness (QED) is 0.326. The van der Waals surface area contributed by atoms with Crippen molar-refractivity contribution in [3.8, 4) is 0 Å². The number of hydrogen-bond acceptors (Lipinski definition) is 4. The lowest BCUT2D eigenvalue weighted by Gasteiger charge is -2.32. The van der Waals surface area contributed by atoms with Gasteiger partial charge in [-0.25, -0.2) is 8.42 Å². The smallest absolute Gasteiger partial charge is 0.264 e. The number of carbonyl (C=O) groups excluding carboxylic acids is 2. The minimum absolute atomic E-state index is 0.00300. The molecule has 1 N–H and O–H groups in total. The fourth-order valence-electron chi connectivity index (χ4n) is 3.88. The molecule has 0 aliphatic heterocycles. The molecule has 0 spiro atoms. The molecule has 0 saturated heterocycles. The SMILES string of the molecule is CCNC(=O)[C@H](C)N(Cc1cccc(Br)c1)C(=O)CN(c1ccc(C)c(C)c1)S(=O)(=O)c1ccc(Cl)cc1. The first-order chi connectivity index (χ1) is 17.9. The minimum Gasteiger partial charge on any atom is -0.355 e. The summed E-state index contributed by atoms with van der Waals surface area (Å²) in [4.78, 5) is 28.0. The Hall–Kier alpha value is -2.88. The number of amides is 2. The molecule has 3 aromatic rings. The molecule has 38 heavy (non-hydrogen) atoms. The highest BCUT2D eigenvalue weighted by molar-refractivity contribution is 9.10. The number of nitrogens with one attached hydrogen (secondary N) is 1. The Bertz CT molecular complexity index is 1410. The summed E-state index contributed by atoms with van der Waals surface area (Å²) < 4.78 is 29.6. The fraction of sp³-hybridized carbons (Fsp3) is 0.286.